The van der Waals surface area contributed by atoms with Gasteiger partial charge in [-0.25, -0.2) is 9.37 Å². The van der Waals surface area contributed by atoms with Crippen LogP contribution in [-0.2, 0) is 12.2 Å². The number of halogens is 2. The molecule has 0 atom stereocenters. The predicted octanol–water partition coefficient (Wildman–Crippen LogP) is 5.21. The number of ether oxygens (including phenoxy) is 1. The Morgan fingerprint density at radius 1 is 1.11 bits per heavy atom. The fourth-order valence-corrected chi connectivity index (χ4v) is 3.96. The normalized spacial score (nSPS) is 11.6. The van der Waals surface area contributed by atoms with Gasteiger partial charge < -0.3 is 9.84 Å². The van der Waals surface area contributed by atoms with Crippen LogP contribution >= 0.6 is 11.6 Å². The number of aryl methyl sites for hydroxylation is 3. The van der Waals surface area contributed by atoms with Crippen LogP contribution in [0, 0.1) is 26.6 Å². The van der Waals surface area contributed by atoms with Gasteiger partial charge in [-0.15, -0.1) is 0 Å². The Balaban J connectivity index is 1.76. The van der Waals surface area contributed by atoms with Crippen molar-refractivity contribution in [3.8, 4) is 22.8 Å². The van der Waals surface area contributed by atoms with Crippen molar-refractivity contribution in [3.63, 3.8) is 0 Å². The molecule has 4 rings (SSSR count). The van der Waals surface area contributed by atoms with Gasteiger partial charge in [0.1, 0.15) is 28.8 Å². The lowest BCUT2D eigenvalue weighted by atomic mass is 10.0. The van der Waals surface area contributed by atoms with E-state index >= 15 is 0 Å². The van der Waals surface area contributed by atoms with Crippen LogP contribution in [0.2, 0.25) is 5.02 Å². The van der Waals surface area contributed by atoms with Crippen LogP contribution in [0.25, 0.3) is 17.1 Å². The molecule has 9 heteroatoms. The van der Waals surface area contributed by atoms with E-state index in [4.69, 9.17) is 16.3 Å². The van der Waals surface area contributed by atoms with Crippen molar-refractivity contribution in [2.24, 2.45) is 0 Å². The number of pyridine rings is 4. The number of nitrogens with zero attached hydrogens (tertiary/aromatic N) is 4. The summed E-state index contributed by atoms with van der Waals surface area (Å²) in [7, 11) is 0. The minimum Gasteiger partial charge on any atom is -0.487 e. The molecular formula is C27H26ClFN4O3. The Bertz CT molecular complexity index is 1510. The highest BCUT2D eigenvalue weighted by molar-refractivity contribution is 6.31. The molecule has 0 aliphatic carbocycles. The molecule has 4 aromatic heterocycles. The van der Waals surface area contributed by atoms with Crippen molar-refractivity contribution >= 4 is 11.6 Å². The van der Waals surface area contributed by atoms with E-state index in [2.05, 4.69) is 15.0 Å². The van der Waals surface area contributed by atoms with Crippen molar-refractivity contribution in [3.05, 3.63) is 98.2 Å². The lowest BCUT2D eigenvalue weighted by Crippen LogP contribution is -2.23. The Kier molecular flexibility index (Phi) is 6.93. The van der Waals surface area contributed by atoms with Gasteiger partial charge in [0.2, 0.25) is 0 Å². The molecule has 0 unspecified atom stereocenters. The molecule has 0 radical (unpaired) electrons. The van der Waals surface area contributed by atoms with Crippen LogP contribution in [0.15, 0.2) is 53.7 Å². The highest BCUT2D eigenvalue weighted by atomic mass is 35.5. The van der Waals surface area contributed by atoms with Gasteiger partial charge in [0.15, 0.2) is 0 Å². The predicted molar refractivity (Wildman–Crippen MR) is 136 cm³/mol. The van der Waals surface area contributed by atoms with Gasteiger partial charge in [0.25, 0.3) is 5.56 Å². The van der Waals surface area contributed by atoms with Gasteiger partial charge in [0, 0.05) is 35.9 Å². The second-order valence-electron chi connectivity index (χ2n) is 9.14. The molecular weight excluding hydrogens is 483 g/mol. The van der Waals surface area contributed by atoms with Crippen LogP contribution in [0.3, 0.4) is 0 Å². The van der Waals surface area contributed by atoms with Gasteiger partial charge in [0.05, 0.1) is 22.8 Å². The Morgan fingerprint density at radius 2 is 1.86 bits per heavy atom. The van der Waals surface area contributed by atoms with Gasteiger partial charge in [-0.05, 0) is 63.9 Å². The first-order valence-electron chi connectivity index (χ1n) is 11.3. The van der Waals surface area contributed by atoms with E-state index in [0.717, 1.165) is 11.1 Å². The molecule has 186 valence electrons. The largest absolute Gasteiger partial charge is 0.487 e. The first-order valence-corrected chi connectivity index (χ1v) is 11.7. The third kappa shape index (κ3) is 5.01. The smallest absolute Gasteiger partial charge is 0.277 e. The first-order chi connectivity index (χ1) is 17.0. The summed E-state index contributed by atoms with van der Waals surface area (Å²) in [5, 5.41) is 10.3. The molecule has 0 aromatic carbocycles. The minimum absolute atomic E-state index is 0.122. The van der Waals surface area contributed by atoms with Crippen molar-refractivity contribution < 1.29 is 14.2 Å². The minimum atomic E-state index is -1.12. The lowest BCUT2D eigenvalue weighted by molar-refractivity contribution is 0.0739. The number of aliphatic hydroxyl groups is 1. The van der Waals surface area contributed by atoms with E-state index in [1.54, 1.807) is 45.2 Å². The fourth-order valence-electron chi connectivity index (χ4n) is 3.77. The summed E-state index contributed by atoms with van der Waals surface area (Å²) in [6.07, 6.45) is 4.38. The molecule has 0 bridgehead atoms. The molecule has 1 N–H and O–H groups in total. The summed E-state index contributed by atoms with van der Waals surface area (Å²) in [4.78, 5) is 26.4. The molecule has 0 fully saturated rings. The summed E-state index contributed by atoms with van der Waals surface area (Å²) in [6.45, 7) is 8.72. The summed E-state index contributed by atoms with van der Waals surface area (Å²) in [5.74, 6) is -0.301. The third-order valence-electron chi connectivity index (χ3n) is 5.81. The Morgan fingerprint density at radius 3 is 2.56 bits per heavy atom. The molecule has 0 saturated carbocycles. The average molecular weight is 509 g/mol. The molecule has 0 aliphatic rings. The van der Waals surface area contributed by atoms with Crippen LogP contribution < -0.4 is 10.3 Å². The highest BCUT2D eigenvalue weighted by Gasteiger charge is 2.21. The van der Waals surface area contributed by atoms with Crippen LogP contribution in [0.5, 0.6) is 5.75 Å². The van der Waals surface area contributed by atoms with Crippen LogP contribution in [-0.4, -0.2) is 24.6 Å². The average Bonchev–Trinajstić information content (AvgIpc) is 2.82. The van der Waals surface area contributed by atoms with E-state index in [1.807, 2.05) is 19.9 Å². The van der Waals surface area contributed by atoms with Crippen molar-refractivity contribution in [2.75, 3.05) is 0 Å². The van der Waals surface area contributed by atoms with E-state index in [9.17, 15) is 14.3 Å². The lowest BCUT2D eigenvalue weighted by Gasteiger charge is -2.19. The molecule has 0 aliphatic heterocycles. The second-order valence-corrected chi connectivity index (χ2v) is 9.52. The molecule has 0 amide bonds. The quantitative estimate of drug-likeness (QED) is 0.384. The number of hydrogen-bond donors (Lipinski definition) is 1. The zero-order chi connectivity index (χ0) is 26.2. The summed E-state index contributed by atoms with van der Waals surface area (Å²) in [5.41, 5.74) is 3.10. The molecule has 4 aromatic rings. The molecule has 4 heterocycles. The summed E-state index contributed by atoms with van der Waals surface area (Å²) in [6, 6.07) is 8.30. The molecule has 0 saturated heterocycles. The number of rotatable bonds is 6. The standard InChI is InChI=1S/C27H26ClFN4O3/c1-15-6-7-23(27(4,5)35)32-25(15)20-11-21(16(2)12-31-20)33-17(3)10-22(24(28)26(33)34)36-14-18-13-30-9-8-19(18)29/h6-13,35H,14H2,1-5H3. The molecule has 36 heavy (non-hydrogen) atoms. The van der Waals surface area contributed by atoms with Crippen LogP contribution in [0.4, 0.5) is 4.39 Å². The number of hydrogen-bond acceptors (Lipinski definition) is 6. The van der Waals surface area contributed by atoms with Gasteiger partial charge in [-0.2, -0.15) is 0 Å². The maximum Gasteiger partial charge on any atom is 0.277 e. The van der Waals surface area contributed by atoms with E-state index in [0.29, 0.717) is 28.5 Å². The molecule has 0 spiro atoms. The van der Waals surface area contributed by atoms with E-state index in [1.165, 1.54) is 23.0 Å². The first kappa shape index (κ1) is 25.5. The van der Waals surface area contributed by atoms with Gasteiger partial charge in [-0.3, -0.25) is 19.3 Å². The summed E-state index contributed by atoms with van der Waals surface area (Å²) >= 11 is 6.41. The second kappa shape index (κ2) is 9.79. The molecule has 7 nitrogen and oxygen atoms in total. The zero-order valence-corrected chi connectivity index (χ0v) is 21.4. The maximum absolute atomic E-state index is 13.9. The Labute approximate surface area is 213 Å². The monoisotopic (exact) mass is 508 g/mol. The maximum atomic E-state index is 13.9. The third-order valence-corrected chi connectivity index (χ3v) is 6.16. The zero-order valence-electron chi connectivity index (χ0n) is 20.6. The van der Waals surface area contributed by atoms with Crippen molar-refractivity contribution in [1.82, 2.24) is 19.5 Å². The van der Waals surface area contributed by atoms with Crippen molar-refractivity contribution in [2.45, 2.75) is 46.8 Å². The topological polar surface area (TPSA) is 90.1 Å². The van der Waals surface area contributed by atoms with Crippen LogP contribution in [0.1, 0.15) is 41.9 Å². The Hall–Kier alpha value is -3.62. The van der Waals surface area contributed by atoms with Gasteiger partial charge >= 0.3 is 0 Å². The summed E-state index contributed by atoms with van der Waals surface area (Å²) < 4.78 is 21.1. The van der Waals surface area contributed by atoms with E-state index in [-0.39, 0.29) is 22.9 Å². The van der Waals surface area contributed by atoms with Gasteiger partial charge in [-0.1, -0.05) is 17.7 Å². The SMILES string of the molecule is Cc1cnc(-c2nc(C(C)(C)O)ccc2C)cc1-n1c(C)cc(OCc2cnccc2F)c(Cl)c1=O. The fraction of sp³-hybridized carbons (Fsp3) is 0.259. The van der Waals surface area contributed by atoms with Crippen molar-refractivity contribution in [1.29, 1.82) is 0 Å². The number of aromatic nitrogens is 4. The van der Waals surface area contributed by atoms with E-state index < -0.39 is 17.0 Å². The highest BCUT2D eigenvalue weighted by Crippen LogP contribution is 2.29.